The molecule has 0 aliphatic heterocycles. The quantitative estimate of drug-likeness (QED) is 0.238. The third-order valence-corrected chi connectivity index (χ3v) is 7.57. The van der Waals surface area contributed by atoms with Crippen LogP contribution < -0.4 is 5.32 Å². The number of hydrogen-bond acceptors (Lipinski definition) is 6. The Hall–Kier alpha value is -4.50. The average Bonchev–Trinajstić information content (AvgIpc) is 3.73. The lowest BCUT2D eigenvalue weighted by molar-refractivity contribution is 0.489. The molecule has 0 saturated heterocycles. The van der Waals surface area contributed by atoms with Crippen molar-refractivity contribution >= 4 is 21.9 Å². The SMILES string of the molecule is Fc1cc2[nH]nc(-c3nc4c(-c5ccncc5)nccc4[nH]3)c2cc1-c1cncc(CNCC2CCCC2)c1. The summed E-state index contributed by atoms with van der Waals surface area (Å²) in [5.41, 5.74) is 6.72. The van der Waals surface area contributed by atoms with Gasteiger partial charge >= 0.3 is 0 Å². The van der Waals surface area contributed by atoms with Gasteiger partial charge in [-0.3, -0.25) is 20.1 Å². The number of H-pyrrole nitrogens is 2. The van der Waals surface area contributed by atoms with Gasteiger partial charge in [0.15, 0.2) is 5.82 Å². The minimum absolute atomic E-state index is 0.329. The number of benzene rings is 1. The van der Waals surface area contributed by atoms with Crippen LogP contribution in [0.2, 0.25) is 0 Å². The third kappa shape index (κ3) is 4.55. The van der Waals surface area contributed by atoms with E-state index in [1.54, 1.807) is 24.8 Å². The normalized spacial score (nSPS) is 14.1. The summed E-state index contributed by atoms with van der Waals surface area (Å²) in [6, 6.07) is 11.0. The first-order valence-electron chi connectivity index (χ1n) is 13.3. The van der Waals surface area contributed by atoms with Gasteiger partial charge in [-0.1, -0.05) is 12.8 Å². The topological polar surface area (TPSA) is 108 Å². The number of nitrogens with zero attached hydrogens (tertiary/aromatic N) is 5. The summed E-state index contributed by atoms with van der Waals surface area (Å²) in [5, 5.41) is 11.8. The van der Waals surface area contributed by atoms with Crippen molar-refractivity contribution in [3.8, 4) is 33.9 Å². The lowest BCUT2D eigenvalue weighted by atomic mass is 10.0. The van der Waals surface area contributed by atoms with Gasteiger partial charge in [0.1, 0.15) is 17.0 Å². The van der Waals surface area contributed by atoms with Gasteiger partial charge in [0.25, 0.3) is 0 Å². The average molecular weight is 519 g/mol. The maximum Gasteiger partial charge on any atom is 0.159 e. The fraction of sp³-hybridized carbons (Fsp3) is 0.233. The summed E-state index contributed by atoms with van der Waals surface area (Å²) in [6.45, 7) is 1.73. The second-order valence-corrected chi connectivity index (χ2v) is 10.2. The van der Waals surface area contributed by atoms with Crippen LogP contribution in [0.1, 0.15) is 31.2 Å². The molecule has 0 bridgehead atoms. The first-order valence-corrected chi connectivity index (χ1v) is 13.3. The van der Waals surface area contributed by atoms with Crippen molar-refractivity contribution in [2.24, 2.45) is 5.92 Å². The maximum absolute atomic E-state index is 15.3. The molecule has 0 amide bonds. The largest absolute Gasteiger partial charge is 0.336 e. The molecule has 1 saturated carbocycles. The molecule has 1 aliphatic carbocycles. The van der Waals surface area contributed by atoms with Gasteiger partial charge in [-0.05, 0) is 61.2 Å². The number of halogens is 1. The fourth-order valence-corrected chi connectivity index (χ4v) is 5.57. The molecule has 5 aromatic heterocycles. The highest BCUT2D eigenvalue weighted by atomic mass is 19.1. The van der Waals surface area contributed by atoms with Crippen LogP contribution in [0, 0.1) is 11.7 Å². The number of aromatic amines is 2. The number of imidazole rings is 1. The van der Waals surface area contributed by atoms with E-state index < -0.39 is 0 Å². The number of fused-ring (bicyclic) bond motifs is 2. The van der Waals surface area contributed by atoms with E-state index in [0.717, 1.165) is 51.3 Å². The molecule has 39 heavy (non-hydrogen) atoms. The number of aromatic nitrogens is 7. The van der Waals surface area contributed by atoms with Crippen molar-refractivity contribution < 1.29 is 4.39 Å². The van der Waals surface area contributed by atoms with Crippen LogP contribution in [0.15, 0.2) is 67.4 Å². The molecule has 7 rings (SSSR count). The Morgan fingerprint density at radius 3 is 2.64 bits per heavy atom. The molecule has 0 spiro atoms. The van der Waals surface area contributed by atoms with Crippen LogP contribution in [0.5, 0.6) is 0 Å². The summed E-state index contributed by atoms with van der Waals surface area (Å²) in [5.74, 6) is 1.01. The molecule has 8 nitrogen and oxygen atoms in total. The van der Waals surface area contributed by atoms with Gasteiger partial charge in [0, 0.05) is 65.7 Å². The fourth-order valence-electron chi connectivity index (χ4n) is 5.57. The molecule has 9 heteroatoms. The zero-order valence-corrected chi connectivity index (χ0v) is 21.3. The van der Waals surface area contributed by atoms with Crippen molar-refractivity contribution in [2.45, 2.75) is 32.2 Å². The number of rotatable bonds is 7. The van der Waals surface area contributed by atoms with Gasteiger partial charge in [-0.25, -0.2) is 9.37 Å². The minimum atomic E-state index is -0.329. The first-order chi connectivity index (χ1) is 19.2. The van der Waals surface area contributed by atoms with E-state index in [1.807, 2.05) is 36.5 Å². The maximum atomic E-state index is 15.3. The summed E-state index contributed by atoms with van der Waals surface area (Å²) in [7, 11) is 0. The molecule has 0 radical (unpaired) electrons. The molecule has 3 N–H and O–H groups in total. The zero-order valence-electron chi connectivity index (χ0n) is 21.3. The van der Waals surface area contributed by atoms with Crippen LogP contribution in [0.3, 0.4) is 0 Å². The van der Waals surface area contributed by atoms with Gasteiger partial charge in [-0.15, -0.1) is 0 Å². The van der Waals surface area contributed by atoms with Crippen molar-refractivity contribution in [3.05, 3.63) is 78.8 Å². The van der Waals surface area contributed by atoms with E-state index in [9.17, 15) is 0 Å². The lowest BCUT2D eigenvalue weighted by Crippen LogP contribution is -2.20. The third-order valence-electron chi connectivity index (χ3n) is 7.57. The van der Waals surface area contributed by atoms with Crippen molar-refractivity contribution in [3.63, 3.8) is 0 Å². The van der Waals surface area contributed by atoms with Crippen molar-refractivity contribution in [2.75, 3.05) is 6.54 Å². The van der Waals surface area contributed by atoms with Crippen LogP contribution in [0.4, 0.5) is 4.39 Å². The molecule has 1 aliphatic rings. The molecule has 1 aromatic carbocycles. The Morgan fingerprint density at radius 1 is 0.897 bits per heavy atom. The summed E-state index contributed by atoms with van der Waals surface area (Å²) in [6.07, 6.45) is 14.0. The number of hydrogen-bond donors (Lipinski definition) is 3. The predicted molar refractivity (Wildman–Crippen MR) is 149 cm³/mol. The van der Waals surface area contributed by atoms with Crippen LogP contribution in [0.25, 0.3) is 55.8 Å². The predicted octanol–water partition coefficient (Wildman–Crippen LogP) is 6.04. The lowest BCUT2D eigenvalue weighted by Gasteiger charge is -2.11. The number of nitrogens with one attached hydrogen (secondary N) is 3. The van der Waals surface area contributed by atoms with Gasteiger partial charge < -0.3 is 10.3 Å². The molecular weight excluding hydrogens is 491 g/mol. The van der Waals surface area contributed by atoms with Gasteiger partial charge in [0.05, 0.1) is 16.7 Å². The Labute approximate surface area is 224 Å². The molecular formula is C30H27FN8. The monoisotopic (exact) mass is 518 g/mol. The van der Waals surface area contributed by atoms with Crippen LogP contribution >= 0.6 is 0 Å². The summed E-state index contributed by atoms with van der Waals surface area (Å²) in [4.78, 5) is 21.3. The zero-order chi connectivity index (χ0) is 26.2. The summed E-state index contributed by atoms with van der Waals surface area (Å²) >= 11 is 0. The van der Waals surface area contributed by atoms with Gasteiger partial charge in [-0.2, -0.15) is 5.10 Å². The molecule has 0 atom stereocenters. The molecule has 0 unspecified atom stereocenters. The Bertz CT molecular complexity index is 1770. The number of pyridine rings is 3. The molecule has 1 fully saturated rings. The Kier molecular flexibility index (Phi) is 6.05. The minimum Gasteiger partial charge on any atom is -0.336 e. The van der Waals surface area contributed by atoms with E-state index in [0.29, 0.717) is 29.1 Å². The second kappa shape index (κ2) is 9.99. The van der Waals surface area contributed by atoms with E-state index in [2.05, 4.69) is 35.5 Å². The molecule has 194 valence electrons. The highest BCUT2D eigenvalue weighted by Crippen LogP contribution is 2.34. The summed E-state index contributed by atoms with van der Waals surface area (Å²) < 4.78 is 15.3. The highest BCUT2D eigenvalue weighted by Gasteiger charge is 2.19. The smallest absolute Gasteiger partial charge is 0.159 e. The van der Waals surface area contributed by atoms with Gasteiger partial charge in [0.2, 0.25) is 0 Å². The Morgan fingerprint density at radius 2 is 1.77 bits per heavy atom. The first kappa shape index (κ1) is 23.6. The van der Waals surface area contributed by atoms with Crippen LogP contribution in [-0.4, -0.2) is 41.7 Å². The highest BCUT2D eigenvalue weighted by molar-refractivity contribution is 5.97. The van der Waals surface area contributed by atoms with Crippen molar-refractivity contribution in [1.29, 1.82) is 0 Å². The van der Waals surface area contributed by atoms with E-state index in [4.69, 9.17) is 4.98 Å². The van der Waals surface area contributed by atoms with Crippen molar-refractivity contribution in [1.82, 2.24) is 40.4 Å². The molecule has 6 aromatic rings. The van der Waals surface area contributed by atoms with Crippen LogP contribution in [-0.2, 0) is 6.54 Å². The van der Waals surface area contributed by atoms with E-state index >= 15 is 4.39 Å². The Balaban J connectivity index is 1.23. The standard InChI is InChI=1S/C30H27FN8/c31-24-13-26-23(12-22(24)21-11-19(16-34-17-21)15-33-14-18-3-1-2-4-18)28(39-38-26)30-36-25-7-10-35-27(29(25)37-30)20-5-8-32-9-6-20/h5-13,16-18,33H,1-4,14-15H2,(H,36,37)(H,38,39). The second-order valence-electron chi connectivity index (χ2n) is 10.2. The van der Waals surface area contributed by atoms with E-state index in [-0.39, 0.29) is 5.82 Å². The van der Waals surface area contributed by atoms with E-state index in [1.165, 1.54) is 31.7 Å². The molecule has 5 heterocycles.